The fraction of sp³-hybridized carbons (Fsp3) is 0.950. The Morgan fingerprint density at radius 3 is 1.96 bits per heavy atom. The van der Waals surface area contributed by atoms with E-state index in [1.165, 1.54) is 0 Å². The maximum absolute atomic E-state index is 13.2. The molecule has 0 aromatic rings. The highest BCUT2D eigenvalue weighted by Crippen LogP contribution is 2.22. The first kappa shape index (κ1) is 24.9. The summed E-state index contributed by atoms with van der Waals surface area (Å²) in [6.07, 6.45) is 6.54. The van der Waals surface area contributed by atoms with Crippen molar-refractivity contribution < 1.29 is 4.79 Å². The van der Waals surface area contributed by atoms with E-state index in [1.54, 1.807) is 0 Å². The van der Waals surface area contributed by atoms with Gasteiger partial charge in [-0.3, -0.25) is 10.1 Å². The molecule has 0 rings (SSSR count). The minimum Gasteiger partial charge on any atom is -0.313 e. The van der Waals surface area contributed by atoms with E-state index in [0.29, 0.717) is 11.2 Å². The molecular weight excluding hydrogens is 330 g/mol. The van der Waals surface area contributed by atoms with Gasteiger partial charge in [0, 0.05) is 5.25 Å². The molecule has 0 bridgehead atoms. The second kappa shape index (κ2) is 11.6. The fourth-order valence-corrected chi connectivity index (χ4v) is 3.94. The second-order valence-electron chi connectivity index (χ2n) is 7.65. The number of Topliss-reactive ketones (excluding diaryl/α,β-unsaturated/α-hetero) is 1. The van der Waals surface area contributed by atoms with E-state index in [9.17, 15) is 4.79 Å². The van der Waals surface area contributed by atoms with Crippen LogP contribution in [-0.2, 0) is 4.79 Å². The Balaban J connectivity index is 5.01. The van der Waals surface area contributed by atoms with Crippen molar-refractivity contribution in [3.63, 3.8) is 0 Å². The first-order chi connectivity index (χ1) is 11.6. The molecule has 0 amide bonds. The molecule has 0 saturated heterocycles. The van der Waals surface area contributed by atoms with Gasteiger partial charge in [0.05, 0.1) is 17.2 Å². The van der Waals surface area contributed by atoms with Crippen molar-refractivity contribution in [2.45, 2.75) is 103 Å². The molecule has 0 aliphatic rings. The summed E-state index contributed by atoms with van der Waals surface area (Å²) in [5.74, 6) is 0.787. The first-order valence-electron chi connectivity index (χ1n) is 10.0. The Bertz CT molecular complexity index is 381. The number of rotatable bonds is 14. The largest absolute Gasteiger partial charge is 0.313 e. The van der Waals surface area contributed by atoms with Crippen LogP contribution in [0.15, 0.2) is 0 Å². The lowest BCUT2D eigenvalue weighted by Crippen LogP contribution is -2.63. The maximum Gasteiger partial charge on any atom is 0.169 e. The van der Waals surface area contributed by atoms with Crippen molar-refractivity contribution in [2.24, 2.45) is 11.7 Å². The Kier molecular flexibility index (Phi) is 11.5. The zero-order valence-electron chi connectivity index (χ0n) is 17.9. The molecule has 3 unspecified atom stereocenters. The third-order valence-electron chi connectivity index (χ3n) is 5.76. The van der Waals surface area contributed by atoms with Crippen molar-refractivity contribution in [3.8, 4) is 0 Å². The molecule has 4 nitrogen and oxygen atoms in total. The molecule has 0 spiro atoms. The molecule has 4 N–H and O–H groups in total. The van der Waals surface area contributed by atoms with Crippen LogP contribution in [0, 0.1) is 5.92 Å². The van der Waals surface area contributed by atoms with Crippen LogP contribution in [0.1, 0.15) is 80.6 Å². The Morgan fingerprint density at radius 1 is 1.04 bits per heavy atom. The summed E-state index contributed by atoms with van der Waals surface area (Å²) in [5.41, 5.74) is 5.43. The minimum atomic E-state index is -0.469. The molecule has 25 heavy (non-hydrogen) atoms. The van der Waals surface area contributed by atoms with Crippen LogP contribution in [0.3, 0.4) is 0 Å². The minimum absolute atomic E-state index is 0.235. The lowest BCUT2D eigenvalue weighted by Gasteiger charge is -2.38. The van der Waals surface area contributed by atoms with Gasteiger partial charge < -0.3 is 11.1 Å². The molecule has 150 valence electrons. The third kappa shape index (κ3) is 7.58. The number of hydrogen-bond donors (Lipinski definition) is 3. The molecule has 0 aliphatic carbocycles. The van der Waals surface area contributed by atoms with Gasteiger partial charge in [0.25, 0.3) is 0 Å². The summed E-state index contributed by atoms with van der Waals surface area (Å²) < 4.78 is 0. The Hall–Kier alpha value is -0.100. The lowest BCUT2D eigenvalue weighted by molar-refractivity contribution is -0.128. The maximum atomic E-state index is 13.2. The predicted octanol–water partition coefficient (Wildman–Crippen LogP) is 3.93. The molecule has 0 heterocycles. The van der Waals surface area contributed by atoms with Gasteiger partial charge in [-0.25, -0.2) is 0 Å². The van der Waals surface area contributed by atoms with Gasteiger partial charge in [-0.2, -0.15) is 11.8 Å². The smallest absolute Gasteiger partial charge is 0.169 e. The van der Waals surface area contributed by atoms with Crippen molar-refractivity contribution >= 4 is 17.5 Å². The van der Waals surface area contributed by atoms with E-state index in [-0.39, 0.29) is 11.8 Å². The standard InChI is InChI=1S/C20H43N3OS/c1-9-19(10-2,22-14-15(5)13-16(6)25-8)18(24)17(7)23-20(21,11-3)12-4/h15-17,22-23H,9-14,21H2,1-8H3. The lowest BCUT2D eigenvalue weighted by atomic mass is 9.83. The molecule has 3 atom stereocenters. The van der Waals surface area contributed by atoms with E-state index in [1.807, 2.05) is 18.7 Å². The van der Waals surface area contributed by atoms with Gasteiger partial charge in [0.2, 0.25) is 0 Å². The van der Waals surface area contributed by atoms with Crippen molar-refractivity contribution in [2.75, 3.05) is 12.8 Å². The van der Waals surface area contributed by atoms with Gasteiger partial charge in [-0.1, -0.05) is 41.5 Å². The van der Waals surface area contributed by atoms with Gasteiger partial charge >= 0.3 is 0 Å². The van der Waals surface area contributed by atoms with Crippen LogP contribution in [-0.4, -0.2) is 41.1 Å². The highest BCUT2D eigenvalue weighted by atomic mass is 32.2. The number of carbonyl (C=O) groups excluding carboxylic acids is 1. The molecule has 0 saturated carbocycles. The van der Waals surface area contributed by atoms with E-state index in [0.717, 1.165) is 38.6 Å². The van der Waals surface area contributed by atoms with E-state index in [4.69, 9.17) is 5.73 Å². The van der Waals surface area contributed by atoms with Gasteiger partial charge in [-0.05, 0) is 57.7 Å². The Morgan fingerprint density at radius 2 is 1.56 bits per heavy atom. The summed E-state index contributed by atoms with van der Waals surface area (Å²) in [4.78, 5) is 13.2. The SMILES string of the molecule is CCC(N)(CC)NC(C)C(=O)C(CC)(CC)NCC(C)CC(C)SC. The zero-order chi connectivity index (χ0) is 19.7. The molecular formula is C20H43N3OS. The Labute approximate surface area is 160 Å². The quantitative estimate of drug-likeness (QED) is 0.403. The molecule has 0 radical (unpaired) electrons. The van der Waals surface area contributed by atoms with E-state index in [2.05, 4.69) is 58.4 Å². The number of nitrogens with two attached hydrogens (primary N) is 1. The summed E-state index contributed by atoms with van der Waals surface area (Å²) in [7, 11) is 0. The van der Waals surface area contributed by atoms with Crippen LogP contribution in [0.4, 0.5) is 0 Å². The monoisotopic (exact) mass is 373 g/mol. The third-order valence-corrected chi connectivity index (χ3v) is 6.76. The molecule has 0 fully saturated rings. The van der Waals surface area contributed by atoms with Crippen molar-refractivity contribution in [1.29, 1.82) is 0 Å². The molecule has 0 aromatic carbocycles. The van der Waals surface area contributed by atoms with Crippen molar-refractivity contribution in [3.05, 3.63) is 0 Å². The molecule has 5 heteroatoms. The number of ketones is 1. The van der Waals surface area contributed by atoms with E-state index >= 15 is 0 Å². The summed E-state index contributed by atoms with van der Waals surface area (Å²) in [5, 5.41) is 7.66. The summed E-state index contributed by atoms with van der Waals surface area (Å²) in [6, 6.07) is -0.252. The van der Waals surface area contributed by atoms with Crippen LogP contribution in [0.5, 0.6) is 0 Å². The second-order valence-corrected chi connectivity index (χ2v) is 8.93. The van der Waals surface area contributed by atoms with Gasteiger partial charge in [-0.15, -0.1) is 0 Å². The highest BCUT2D eigenvalue weighted by molar-refractivity contribution is 7.99. The highest BCUT2D eigenvalue weighted by Gasteiger charge is 2.39. The van der Waals surface area contributed by atoms with Crippen LogP contribution < -0.4 is 16.4 Å². The van der Waals surface area contributed by atoms with Gasteiger partial charge in [0.15, 0.2) is 5.78 Å². The van der Waals surface area contributed by atoms with Crippen molar-refractivity contribution in [1.82, 2.24) is 10.6 Å². The average Bonchev–Trinajstić information content (AvgIpc) is 2.62. The average molecular weight is 374 g/mol. The normalized spacial score (nSPS) is 16.5. The first-order valence-corrected chi connectivity index (χ1v) is 11.3. The number of carbonyl (C=O) groups is 1. The topological polar surface area (TPSA) is 67.1 Å². The fourth-order valence-electron chi connectivity index (χ4n) is 3.42. The van der Waals surface area contributed by atoms with Crippen LogP contribution in [0.2, 0.25) is 0 Å². The number of thioether (sulfide) groups is 1. The van der Waals surface area contributed by atoms with Crippen LogP contribution in [0.25, 0.3) is 0 Å². The predicted molar refractivity (Wildman–Crippen MR) is 113 cm³/mol. The zero-order valence-corrected chi connectivity index (χ0v) is 18.7. The number of nitrogens with one attached hydrogen (secondary N) is 2. The van der Waals surface area contributed by atoms with E-state index < -0.39 is 11.2 Å². The van der Waals surface area contributed by atoms with Gasteiger partial charge in [0.1, 0.15) is 0 Å². The summed E-state index contributed by atoms with van der Waals surface area (Å²) in [6.45, 7) is 15.7. The molecule has 0 aliphatic heterocycles. The summed E-state index contributed by atoms with van der Waals surface area (Å²) >= 11 is 1.90. The number of hydrogen-bond acceptors (Lipinski definition) is 5. The molecule has 0 aromatic heterocycles. The van der Waals surface area contributed by atoms with Crippen LogP contribution >= 0.6 is 11.8 Å².